The van der Waals surface area contributed by atoms with Gasteiger partial charge in [-0.3, -0.25) is 14.3 Å². The molecule has 0 aromatic carbocycles. The Hall–Kier alpha value is -1.53. The van der Waals surface area contributed by atoms with Crippen molar-refractivity contribution in [2.45, 2.75) is 26.3 Å². The molecule has 0 bridgehead atoms. The first kappa shape index (κ1) is 13.9. The largest absolute Gasteiger partial charge is 0.494 e. The minimum absolute atomic E-state index is 0.203. The summed E-state index contributed by atoms with van der Waals surface area (Å²) in [6.07, 6.45) is 0.347. The number of hydrogen-bond acceptors (Lipinski definition) is 4. The predicted octanol–water partition coefficient (Wildman–Crippen LogP) is 2.13. The third kappa shape index (κ3) is 2.46. The van der Waals surface area contributed by atoms with Gasteiger partial charge < -0.3 is 5.11 Å². The number of aromatic amines is 1. The molecule has 19 heavy (non-hydrogen) atoms. The summed E-state index contributed by atoms with van der Waals surface area (Å²) in [5.41, 5.74) is -0.969. The molecule has 2 aromatic rings. The second kappa shape index (κ2) is 5.22. The summed E-state index contributed by atoms with van der Waals surface area (Å²) in [4.78, 5) is 26.5. The van der Waals surface area contributed by atoms with Crippen LogP contribution in [0.4, 0.5) is 0 Å². The van der Waals surface area contributed by atoms with Crippen LogP contribution in [0, 0.1) is 0 Å². The zero-order chi connectivity index (χ0) is 14.2. The Balaban J connectivity index is 2.63. The molecule has 5 nitrogen and oxygen atoms in total. The molecule has 0 radical (unpaired) electrons. The van der Waals surface area contributed by atoms with E-state index in [4.69, 9.17) is 11.6 Å². The average Bonchev–Trinajstić information content (AvgIpc) is 2.75. The van der Waals surface area contributed by atoms with Crippen molar-refractivity contribution in [1.29, 1.82) is 0 Å². The van der Waals surface area contributed by atoms with E-state index in [1.165, 1.54) is 15.9 Å². The van der Waals surface area contributed by atoms with E-state index in [0.717, 1.165) is 4.88 Å². The van der Waals surface area contributed by atoms with Crippen LogP contribution in [0.3, 0.4) is 0 Å². The van der Waals surface area contributed by atoms with Gasteiger partial charge in [0.1, 0.15) is 0 Å². The van der Waals surface area contributed by atoms with Crippen LogP contribution in [-0.4, -0.2) is 14.7 Å². The van der Waals surface area contributed by atoms with Crippen LogP contribution in [0.15, 0.2) is 21.7 Å². The number of nitrogens with one attached hydrogen (secondary N) is 1. The Labute approximate surface area is 118 Å². The lowest BCUT2D eigenvalue weighted by molar-refractivity contribution is 0.384. The highest BCUT2D eigenvalue weighted by atomic mass is 35.5. The van der Waals surface area contributed by atoms with Crippen LogP contribution < -0.4 is 11.2 Å². The number of nitrogens with zero attached hydrogens (tertiary/aromatic N) is 1. The second-order valence-electron chi connectivity index (χ2n) is 4.10. The molecule has 0 saturated carbocycles. The number of H-pyrrole nitrogens is 1. The van der Waals surface area contributed by atoms with E-state index in [0.29, 0.717) is 10.8 Å². The summed E-state index contributed by atoms with van der Waals surface area (Å²) < 4.78 is 1.78. The van der Waals surface area contributed by atoms with E-state index < -0.39 is 17.3 Å². The number of aromatic hydroxyl groups is 1. The number of hydrogen-bond donors (Lipinski definition) is 2. The first-order valence-electron chi connectivity index (χ1n) is 5.77. The predicted molar refractivity (Wildman–Crippen MR) is 75.5 cm³/mol. The maximum atomic E-state index is 11.9. The van der Waals surface area contributed by atoms with Crippen LogP contribution in [0.5, 0.6) is 5.88 Å². The normalized spacial score (nSPS) is 12.6. The lowest BCUT2D eigenvalue weighted by atomic mass is 10.2. The number of halogens is 1. The molecule has 7 heteroatoms. The van der Waals surface area contributed by atoms with Gasteiger partial charge in [-0.05, 0) is 25.5 Å². The highest BCUT2D eigenvalue weighted by molar-refractivity contribution is 7.16. The molecule has 1 atom stereocenters. The van der Waals surface area contributed by atoms with E-state index in [1.807, 2.05) is 0 Å². The summed E-state index contributed by atoms with van der Waals surface area (Å²) in [6, 6.07) is 3.12. The molecule has 0 saturated heterocycles. The Morgan fingerprint density at radius 1 is 1.47 bits per heavy atom. The van der Waals surface area contributed by atoms with Crippen molar-refractivity contribution >= 4 is 22.9 Å². The fourth-order valence-electron chi connectivity index (χ4n) is 1.93. The third-order valence-corrected chi connectivity index (χ3v) is 4.36. The molecule has 0 spiro atoms. The maximum absolute atomic E-state index is 11.9. The van der Waals surface area contributed by atoms with E-state index in [-0.39, 0.29) is 11.4 Å². The van der Waals surface area contributed by atoms with Gasteiger partial charge in [-0.1, -0.05) is 18.5 Å². The van der Waals surface area contributed by atoms with Gasteiger partial charge in [0.15, 0.2) is 0 Å². The fourth-order valence-corrected chi connectivity index (χ4v) is 3.04. The molecule has 2 rings (SSSR count). The number of rotatable bonds is 3. The Bertz CT molecular complexity index is 716. The Morgan fingerprint density at radius 2 is 2.16 bits per heavy atom. The van der Waals surface area contributed by atoms with Gasteiger partial charge in [0.25, 0.3) is 5.56 Å². The van der Waals surface area contributed by atoms with Gasteiger partial charge in [-0.25, -0.2) is 4.79 Å². The molecule has 1 unspecified atom stereocenters. The van der Waals surface area contributed by atoms with Gasteiger partial charge in [-0.2, -0.15) is 0 Å². The van der Waals surface area contributed by atoms with Crippen molar-refractivity contribution in [3.63, 3.8) is 0 Å². The van der Waals surface area contributed by atoms with Crippen molar-refractivity contribution in [2.24, 2.45) is 0 Å². The zero-order valence-corrected chi connectivity index (χ0v) is 12.0. The smallest absolute Gasteiger partial charge is 0.331 e. The van der Waals surface area contributed by atoms with Gasteiger partial charge >= 0.3 is 5.69 Å². The summed E-state index contributed by atoms with van der Waals surface area (Å²) in [7, 11) is 0. The highest BCUT2D eigenvalue weighted by Crippen LogP contribution is 2.30. The molecule has 2 heterocycles. The topological polar surface area (TPSA) is 75.1 Å². The molecule has 102 valence electrons. The minimum atomic E-state index is -0.628. The second-order valence-corrected chi connectivity index (χ2v) is 5.85. The van der Waals surface area contributed by atoms with Crippen molar-refractivity contribution < 1.29 is 5.11 Å². The van der Waals surface area contributed by atoms with Crippen molar-refractivity contribution in [3.05, 3.63) is 47.7 Å². The fraction of sp³-hybridized carbons (Fsp3) is 0.333. The highest BCUT2D eigenvalue weighted by Gasteiger charge is 2.19. The molecular weight excluding hydrogens is 288 g/mol. The molecule has 2 aromatic heterocycles. The molecule has 0 aliphatic rings. The standard InChI is InChI=1S/C12H13ClN2O3S/c1-3-7-10(16)14-12(18)15(11(7)17)6(2)8-4-5-9(13)19-8/h4-6,17H,3H2,1-2H3,(H,14,16,18). The van der Waals surface area contributed by atoms with Gasteiger partial charge in [-0.15, -0.1) is 11.3 Å². The molecule has 0 aliphatic heterocycles. The van der Waals surface area contributed by atoms with Gasteiger partial charge in [0.05, 0.1) is 15.9 Å². The summed E-state index contributed by atoms with van der Waals surface area (Å²) in [6.45, 7) is 3.51. The van der Waals surface area contributed by atoms with E-state index in [9.17, 15) is 14.7 Å². The molecule has 0 amide bonds. The monoisotopic (exact) mass is 300 g/mol. The number of thiophene rings is 1. The van der Waals surface area contributed by atoms with Gasteiger partial charge in [0.2, 0.25) is 5.88 Å². The Kier molecular flexibility index (Phi) is 3.82. The van der Waals surface area contributed by atoms with Crippen LogP contribution in [0.25, 0.3) is 0 Å². The van der Waals surface area contributed by atoms with E-state index in [1.54, 1.807) is 26.0 Å². The van der Waals surface area contributed by atoms with Gasteiger partial charge in [0, 0.05) is 4.88 Å². The van der Waals surface area contributed by atoms with E-state index >= 15 is 0 Å². The zero-order valence-electron chi connectivity index (χ0n) is 10.4. The van der Waals surface area contributed by atoms with Crippen molar-refractivity contribution in [3.8, 4) is 5.88 Å². The molecular formula is C12H13ClN2O3S. The first-order valence-corrected chi connectivity index (χ1v) is 6.97. The Morgan fingerprint density at radius 3 is 2.68 bits per heavy atom. The van der Waals surface area contributed by atoms with Crippen molar-refractivity contribution in [2.75, 3.05) is 0 Å². The SMILES string of the molecule is CCc1c(O)n(C(C)c2ccc(Cl)s2)c(=O)[nH]c1=O. The van der Waals surface area contributed by atoms with E-state index in [2.05, 4.69) is 4.98 Å². The first-order chi connectivity index (χ1) is 8.95. The quantitative estimate of drug-likeness (QED) is 0.912. The maximum Gasteiger partial charge on any atom is 0.331 e. The van der Waals surface area contributed by atoms with Crippen LogP contribution in [0.2, 0.25) is 4.34 Å². The molecule has 0 aliphatic carbocycles. The lowest BCUT2D eigenvalue weighted by Gasteiger charge is -2.16. The lowest BCUT2D eigenvalue weighted by Crippen LogP contribution is -2.33. The molecule has 2 N–H and O–H groups in total. The summed E-state index contributed by atoms with van der Waals surface area (Å²) in [5, 5.41) is 10.1. The van der Waals surface area contributed by atoms with Crippen LogP contribution >= 0.6 is 22.9 Å². The van der Waals surface area contributed by atoms with Crippen LogP contribution in [0.1, 0.15) is 30.3 Å². The average molecular weight is 301 g/mol. The summed E-state index contributed by atoms with van der Waals surface area (Å²) >= 11 is 7.19. The van der Waals surface area contributed by atoms with Crippen molar-refractivity contribution in [1.82, 2.24) is 9.55 Å². The molecule has 0 fully saturated rings. The minimum Gasteiger partial charge on any atom is -0.494 e. The van der Waals surface area contributed by atoms with Crippen LogP contribution in [-0.2, 0) is 6.42 Å². The number of aromatic nitrogens is 2. The third-order valence-electron chi connectivity index (χ3n) is 2.96. The summed E-state index contributed by atoms with van der Waals surface area (Å²) in [5.74, 6) is -0.284.